The van der Waals surface area contributed by atoms with Crippen LogP contribution in [0.15, 0.2) is 24.3 Å². The zero-order valence-electron chi connectivity index (χ0n) is 8.49. The number of hydrogen-bond donors (Lipinski definition) is 2. The Morgan fingerprint density at radius 2 is 1.88 bits per heavy atom. The SMILES string of the molecule is CC(=O)Oc1ccc(COP(=O)(O)O)cc1. The van der Waals surface area contributed by atoms with Crippen molar-refractivity contribution in [1.82, 2.24) is 0 Å². The summed E-state index contributed by atoms with van der Waals surface area (Å²) in [5.41, 5.74) is 0.569. The summed E-state index contributed by atoms with van der Waals surface area (Å²) in [6.07, 6.45) is 0. The summed E-state index contributed by atoms with van der Waals surface area (Å²) in [6.45, 7) is 1.08. The maximum Gasteiger partial charge on any atom is 0.469 e. The lowest BCUT2D eigenvalue weighted by Crippen LogP contribution is -2.01. The molecule has 0 unspecified atom stereocenters. The number of phosphoric ester groups is 1. The average molecular weight is 246 g/mol. The Morgan fingerprint density at radius 3 is 2.31 bits per heavy atom. The molecule has 0 spiro atoms. The van der Waals surface area contributed by atoms with E-state index in [9.17, 15) is 9.36 Å². The summed E-state index contributed by atoms with van der Waals surface area (Å²) in [4.78, 5) is 27.5. The second-order valence-electron chi connectivity index (χ2n) is 3.00. The Bertz CT molecular complexity index is 407. The van der Waals surface area contributed by atoms with Crippen molar-refractivity contribution in [2.75, 3.05) is 0 Å². The third kappa shape index (κ3) is 5.04. The fourth-order valence-corrected chi connectivity index (χ4v) is 1.30. The normalized spacial score (nSPS) is 11.2. The Balaban J connectivity index is 2.58. The highest BCUT2D eigenvalue weighted by Crippen LogP contribution is 2.36. The summed E-state index contributed by atoms with van der Waals surface area (Å²) < 4.78 is 19.5. The molecule has 0 saturated carbocycles. The van der Waals surface area contributed by atoms with Gasteiger partial charge in [0.1, 0.15) is 5.75 Å². The maximum atomic E-state index is 10.6. The molecule has 7 heteroatoms. The van der Waals surface area contributed by atoms with E-state index in [-0.39, 0.29) is 6.61 Å². The molecule has 0 radical (unpaired) electrons. The molecule has 1 aromatic carbocycles. The number of esters is 1. The molecule has 1 rings (SSSR count). The molecule has 0 atom stereocenters. The highest BCUT2D eigenvalue weighted by molar-refractivity contribution is 7.46. The largest absolute Gasteiger partial charge is 0.469 e. The molecule has 2 N–H and O–H groups in total. The zero-order chi connectivity index (χ0) is 12.2. The minimum absolute atomic E-state index is 0.204. The number of benzene rings is 1. The summed E-state index contributed by atoms with van der Waals surface area (Å²) in [5, 5.41) is 0. The highest BCUT2D eigenvalue weighted by atomic mass is 31.2. The molecule has 88 valence electrons. The molecule has 16 heavy (non-hydrogen) atoms. The Kier molecular flexibility index (Phi) is 4.20. The van der Waals surface area contributed by atoms with Gasteiger partial charge in [-0.05, 0) is 17.7 Å². The minimum Gasteiger partial charge on any atom is -0.427 e. The monoisotopic (exact) mass is 246 g/mol. The highest BCUT2D eigenvalue weighted by Gasteiger charge is 2.13. The molecule has 0 aliphatic rings. The fourth-order valence-electron chi connectivity index (χ4n) is 0.978. The summed E-state index contributed by atoms with van der Waals surface area (Å²) in [5.74, 6) is -0.0633. The Morgan fingerprint density at radius 1 is 1.31 bits per heavy atom. The lowest BCUT2D eigenvalue weighted by Gasteiger charge is -2.06. The standard InChI is InChI=1S/C9H11O6P/c1-7(10)15-9-4-2-8(3-5-9)6-14-16(11,12)13/h2-5H,6H2,1H3,(H2,11,12,13). The Labute approximate surface area is 92.1 Å². The van der Waals surface area contributed by atoms with E-state index in [0.29, 0.717) is 11.3 Å². The van der Waals surface area contributed by atoms with Gasteiger partial charge in [-0.2, -0.15) is 0 Å². The quantitative estimate of drug-likeness (QED) is 0.471. The first-order chi connectivity index (χ1) is 7.37. The maximum absolute atomic E-state index is 10.6. The number of ether oxygens (including phenoxy) is 1. The Hall–Kier alpha value is -1.20. The molecular formula is C9H11O6P. The van der Waals surface area contributed by atoms with E-state index in [2.05, 4.69) is 4.52 Å². The fraction of sp³-hybridized carbons (Fsp3) is 0.222. The van der Waals surface area contributed by atoms with Gasteiger partial charge in [-0.3, -0.25) is 9.32 Å². The minimum atomic E-state index is -4.45. The van der Waals surface area contributed by atoms with E-state index in [1.807, 2.05) is 0 Å². The van der Waals surface area contributed by atoms with Crippen molar-refractivity contribution in [3.8, 4) is 5.75 Å². The van der Waals surface area contributed by atoms with Gasteiger partial charge in [0.2, 0.25) is 0 Å². The number of carbonyl (C=O) groups is 1. The van der Waals surface area contributed by atoms with Crippen LogP contribution in [0.25, 0.3) is 0 Å². The molecule has 6 nitrogen and oxygen atoms in total. The van der Waals surface area contributed by atoms with E-state index in [1.165, 1.54) is 19.1 Å². The molecule has 0 aromatic heterocycles. The van der Waals surface area contributed by atoms with E-state index in [0.717, 1.165) is 0 Å². The number of carbonyl (C=O) groups excluding carboxylic acids is 1. The van der Waals surface area contributed by atoms with E-state index in [1.54, 1.807) is 12.1 Å². The topological polar surface area (TPSA) is 93.1 Å². The lowest BCUT2D eigenvalue weighted by atomic mass is 10.2. The van der Waals surface area contributed by atoms with Gasteiger partial charge >= 0.3 is 13.8 Å². The van der Waals surface area contributed by atoms with Crippen LogP contribution in [-0.2, 0) is 20.5 Å². The van der Waals surface area contributed by atoms with Crippen molar-refractivity contribution < 1.29 is 28.4 Å². The third-order valence-corrected chi connectivity index (χ3v) is 2.05. The van der Waals surface area contributed by atoms with Gasteiger partial charge in [-0.25, -0.2) is 4.57 Å². The van der Waals surface area contributed by atoms with E-state index in [4.69, 9.17) is 14.5 Å². The first-order valence-electron chi connectivity index (χ1n) is 4.34. The van der Waals surface area contributed by atoms with Crippen LogP contribution < -0.4 is 4.74 Å². The smallest absolute Gasteiger partial charge is 0.427 e. The second kappa shape index (κ2) is 5.23. The van der Waals surface area contributed by atoms with Crippen LogP contribution in [0, 0.1) is 0 Å². The molecule has 0 aliphatic heterocycles. The van der Waals surface area contributed by atoms with Crippen LogP contribution in [0.5, 0.6) is 5.75 Å². The van der Waals surface area contributed by atoms with Crippen molar-refractivity contribution in [3.63, 3.8) is 0 Å². The number of hydrogen-bond acceptors (Lipinski definition) is 4. The first-order valence-corrected chi connectivity index (χ1v) is 5.87. The van der Waals surface area contributed by atoms with Gasteiger partial charge in [0.05, 0.1) is 6.61 Å². The predicted molar refractivity (Wildman–Crippen MR) is 54.6 cm³/mol. The van der Waals surface area contributed by atoms with Crippen molar-refractivity contribution >= 4 is 13.8 Å². The lowest BCUT2D eigenvalue weighted by molar-refractivity contribution is -0.131. The van der Waals surface area contributed by atoms with Crippen molar-refractivity contribution in [2.45, 2.75) is 13.5 Å². The van der Waals surface area contributed by atoms with Crippen molar-refractivity contribution in [1.29, 1.82) is 0 Å². The number of phosphoric acid groups is 1. The molecule has 0 bridgehead atoms. The average Bonchev–Trinajstić information content (AvgIpc) is 2.14. The van der Waals surface area contributed by atoms with Gasteiger partial charge in [0, 0.05) is 6.92 Å². The van der Waals surface area contributed by atoms with Crippen LogP contribution in [-0.4, -0.2) is 15.8 Å². The first kappa shape index (κ1) is 12.9. The van der Waals surface area contributed by atoms with Gasteiger partial charge in [-0.1, -0.05) is 12.1 Å². The van der Waals surface area contributed by atoms with Crippen molar-refractivity contribution in [2.24, 2.45) is 0 Å². The van der Waals surface area contributed by atoms with Gasteiger partial charge in [-0.15, -0.1) is 0 Å². The molecular weight excluding hydrogens is 235 g/mol. The van der Waals surface area contributed by atoms with Gasteiger partial charge in [0.15, 0.2) is 0 Å². The molecule has 1 aromatic rings. The molecule has 0 fully saturated rings. The van der Waals surface area contributed by atoms with Crippen molar-refractivity contribution in [3.05, 3.63) is 29.8 Å². The molecule has 0 heterocycles. The van der Waals surface area contributed by atoms with Crippen LogP contribution in [0.2, 0.25) is 0 Å². The third-order valence-electron chi connectivity index (χ3n) is 1.58. The van der Waals surface area contributed by atoms with Crippen LogP contribution in [0.3, 0.4) is 0 Å². The number of rotatable bonds is 4. The van der Waals surface area contributed by atoms with E-state index >= 15 is 0 Å². The molecule has 0 aliphatic carbocycles. The van der Waals surface area contributed by atoms with E-state index < -0.39 is 13.8 Å². The van der Waals surface area contributed by atoms with Crippen LogP contribution in [0.1, 0.15) is 12.5 Å². The zero-order valence-corrected chi connectivity index (χ0v) is 9.39. The van der Waals surface area contributed by atoms with Gasteiger partial charge < -0.3 is 14.5 Å². The molecule has 0 saturated heterocycles. The summed E-state index contributed by atoms with van der Waals surface area (Å²) in [6, 6.07) is 6.13. The summed E-state index contributed by atoms with van der Waals surface area (Å²) >= 11 is 0. The van der Waals surface area contributed by atoms with Crippen LogP contribution in [0.4, 0.5) is 0 Å². The second-order valence-corrected chi connectivity index (χ2v) is 4.24. The van der Waals surface area contributed by atoms with Gasteiger partial charge in [0.25, 0.3) is 0 Å². The summed E-state index contributed by atoms with van der Waals surface area (Å²) in [7, 11) is -4.45. The molecule has 0 amide bonds. The van der Waals surface area contributed by atoms with Crippen LogP contribution >= 0.6 is 7.82 Å². The predicted octanol–water partition coefficient (Wildman–Crippen LogP) is 1.22.